The van der Waals surface area contributed by atoms with Crippen molar-refractivity contribution in [2.75, 3.05) is 11.1 Å². The molecule has 0 bridgehead atoms. The van der Waals surface area contributed by atoms with Crippen LogP contribution in [-0.4, -0.2) is 48.6 Å². The molecule has 0 aromatic carbocycles. The molecule has 40 heavy (non-hydrogen) atoms. The summed E-state index contributed by atoms with van der Waals surface area (Å²) in [4.78, 5) is 41.4. The van der Waals surface area contributed by atoms with Gasteiger partial charge in [-0.05, 0) is 44.2 Å². The first-order valence-electron chi connectivity index (χ1n) is 13.7. The molecule has 1 fully saturated rings. The van der Waals surface area contributed by atoms with Gasteiger partial charge in [-0.1, -0.05) is 27.7 Å². The average Bonchev–Trinajstić information content (AvgIpc) is 3.81. The SMILES string of the molecule is CCc1ncnc(C2CC2)c1-c1ncc2nc(NCc3ccc(S(=O)(=O)CC)cn3)c(=O)n([C@@H](C)C(C)C)c2n1. The lowest BCUT2D eigenvalue weighted by Crippen LogP contribution is -2.30. The first-order valence-corrected chi connectivity index (χ1v) is 15.3. The number of rotatable bonds is 10. The van der Waals surface area contributed by atoms with Crippen LogP contribution in [0.3, 0.4) is 0 Å². The number of aryl methyl sites for hydroxylation is 1. The fraction of sp³-hybridized carbons (Fsp3) is 0.464. The zero-order chi connectivity index (χ0) is 28.6. The molecule has 4 heterocycles. The monoisotopic (exact) mass is 562 g/mol. The van der Waals surface area contributed by atoms with E-state index < -0.39 is 9.84 Å². The van der Waals surface area contributed by atoms with Gasteiger partial charge in [-0.15, -0.1) is 0 Å². The Kier molecular flexibility index (Phi) is 7.63. The van der Waals surface area contributed by atoms with Crippen LogP contribution >= 0.6 is 0 Å². The summed E-state index contributed by atoms with van der Waals surface area (Å²) in [6.45, 7) is 9.93. The van der Waals surface area contributed by atoms with Crippen molar-refractivity contribution in [2.24, 2.45) is 5.92 Å². The fourth-order valence-electron chi connectivity index (χ4n) is 4.57. The number of fused-ring (bicyclic) bond motifs is 1. The molecule has 0 unspecified atom stereocenters. The van der Waals surface area contributed by atoms with Crippen LogP contribution in [0.5, 0.6) is 0 Å². The van der Waals surface area contributed by atoms with Crippen LogP contribution in [0.25, 0.3) is 22.6 Å². The smallest absolute Gasteiger partial charge is 0.295 e. The fourth-order valence-corrected chi connectivity index (χ4v) is 5.39. The number of hydrogen-bond donors (Lipinski definition) is 1. The molecular formula is C28H34N8O3S. The predicted molar refractivity (Wildman–Crippen MR) is 153 cm³/mol. The van der Waals surface area contributed by atoms with Gasteiger partial charge in [-0.2, -0.15) is 0 Å². The minimum Gasteiger partial charge on any atom is -0.360 e. The standard InChI is InChI=1S/C28H34N8O3S/c1-6-21-23(24(18-8-9-18)33-15-32-21)25-31-14-22-27(35-25)36(17(5)16(3)4)28(37)26(34-22)30-12-19-10-11-20(13-29-19)40(38,39)7-2/h10-11,13-18H,6-9,12H2,1-5H3,(H,30,34)/t17-/m0/s1. The first kappa shape index (κ1) is 27.8. The summed E-state index contributed by atoms with van der Waals surface area (Å²) in [7, 11) is -3.34. The van der Waals surface area contributed by atoms with E-state index in [1.54, 1.807) is 30.1 Å². The van der Waals surface area contributed by atoms with Crippen molar-refractivity contribution in [1.82, 2.24) is 34.5 Å². The van der Waals surface area contributed by atoms with Gasteiger partial charge < -0.3 is 5.32 Å². The van der Waals surface area contributed by atoms with E-state index in [2.05, 4.69) is 44.1 Å². The topological polar surface area (TPSA) is 146 Å². The van der Waals surface area contributed by atoms with Crippen molar-refractivity contribution in [3.63, 3.8) is 0 Å². The number of pyridine rings is 1. The maximum absolute atomic E-state index is 13.8. The van der Waals surface area contributed by atoms with Crippen molar-refractivity contribution in [1.29, 1.82) is 0 Å². The zero-order valence-electron chi connectivity index (χ0n) is 23.4. The van der Waals surface area contributed by atoms with Gasteiger partial charge in [0.2, 0.25) is 0 Å². The van der Waals surface area contributed by atoms with E-state index in [0.29, 0.717) is 35.0 Å². The quantitative estimate of drug-likeness (QED) is 0.300. The van der Waals surface area contributed by atoms with Crippen molar-refractivity contribution in [3.8, 4) is 11.4 Å². The lowest BCUT2D eigenvalue weighted by Gasteiger charge is -2.22. The Hall–Kier alpha value is -3.80. The molecule has 1 saturated carbocycles. The third-order valence-electron chi connectivity index (χ3n) is 7.46. The van der Waals surface area contributed by atoms with Crippen LogP contribution in [0.2, 0.25) is 0 Å². The maximum Gasteiger partial charge on any atom is 0.295 e. The van der Waals surface area contributed by atoms with E-state index in [9.17, 15) is 13.2 Å². The molecule has 11 nitrogen and oxygen atoms in total. The Morgan fingerprint density at radius 2 is 1.80 bits per heavy atom. The van der Waals surface area contributed by atoms with E-state index in [1.807, 2.05) is 13.8 Å². The molecule has 0 radical (unpaired) electrons. The summed E-state index contributed by atoms with van der Waals surface area (Å²) in [5.41, 5.74) is 3.93. The molecular weight excluding hydrogens is 528 g/mol. The molecule has 0 saturated heterocycles. The van der Waals surface area contributed by atoms with Gasteiger partial charge in [-0.3, -0.25) is 14.3 Å². The molecule has 4 aromatic heterocycles. The van der Waals surface area contributed by atoms with Gasteiger partial charge in [0, 0.05) is 18.2 Å². The Morgan fingerprint density at radius 1 is 1.02 bits per heavy atom. The lowest BCUT2D eigenvalue weighted by molar-refractivity contribution is 0.406. The molecule has 1 aliphatic carbocycles. The molecule has 0 amide bonds. The van der Waals surface area contributed by atoms with Gasteiger partial charge in [0.25, 0.3) is 5.56 Å². The minimum atomic E-state index is -3.34. The zero-order valence-corrected chi connectivity index (χ0v) is 24.2. The highest BCUT2D eigenvalue weighted by Gasteiger charge is 2.31. The van der Waals surface area contributed by atoms with Gasteiger partial charge in [0.1, 0.15) is 11.8 Å². The highest BCUT2D eigenvalue weighted by atomic mass is 32.2. The van der Waals surface area contributed by atoms with Crippen LogP contribution in [0.1, 0.15) is 76.5 Å². The number of nitrogens with one attached hydrogen (secondary N) is 1. The van der Waals surface area contributed by atoms with Crippen molar-refractivity contribution in [3.05, 3.63) is 58.3 Å². The van der Waals surface area contributed by atoms with Crippen LogP contribution in [0, 0.1) is 5.92 Å². The third kappa shape index (κ3) is 5.32. The van der Waals surface area contributed by atoms with Gasteiger partial charge >= 0.3 is 0 Å². The highest BCUT2D eigenvalue weighted by Crippen LogP contribution is 2.43. The second kappa shape index (κ2) is 11.0. The normalized spacial score (nSPS) is 14.6. The first-order chi connectivity index (χ1) is 19.1. The largest absolute Gasteiger partial charge is 0.360 e. The van der Waals surface area contributed by atoms with Crippen molar-refractivity contribution >= 4 is 26.8 Å². The summed E-state index contributed by atoms with van der Waals surface area (Å²) in [5, 5.41) is 3.09. The summed E-state index contributed by atoms with van der Waals surface area (Å²) in [6, 6.07) is 2.99. The number of hydrogen-bond acceptors (Lipinski definition) is 10. The van der Waals surface area contributed by atoms with Gasteiger partial charge in [0.15, 0.2) is 27.1 Å². The van der Waals surface area contributed by atoms with Gasteiger partial charge in [-0.25, -0.2) is 33.3 Å². The third-order valence-corrected chi connectivity index (χ3v) is 9.18. The number of sulfone groups is 1. The molecule has 210 valence electrons. The van der Waals surface area contributed by atoms with Crippen LogP contribution in [-0.2, 0) is 22.8 Å². The molecule has 1 aliphatic rings. The Morgan fingerprint density at radius 3 is 2.42 bits per heavy atom. The maximum atomic E-state index is 13.8. The average molecular weight is 563 g/mol. The van der Waals surface area contributed by atoms with E-state index in [1.165, 1.54) is 12.3 Å². The van der Waals surface area contributed by atoms with Crippen LogP contribution < -0.4 is 10.9 Å². The van der Waals surface area contributed by atoms with Crippen LogP contribution in [0.15, 0.2) is 40.5 Å². The molecule has 4 aromatic rings. The highest BCUT2D eigenvalue weighted by molar-refractivity contribution is 7.91. The Labute approximate surface area is 233 Å². The number of aromatic nitrogens is 7. The summed E-state index contributed by atoms with van der Waals surface area (Å²) in [6.07, 6.45) is 7.48. The van der Waals surface area contributed by atoms with E-state index >= 15 is 0 Å². The molecule has 0 spiro atoms. The Balaban J connectivity index is 1.56. The van der Waals surface area contributed by atoms with Crippen LogP contribution in [0.4, 0.5) is 5.82 Å². The summed E-state index contributed by atoms with van der Waals surface area (Å²) >= 11 is 0. The molecule has 5 rings (SSSR count). The number of nitrogens with zero attached hydrogens (tertiary/aromatic N) is 7. The molecule has 1 atom stereocenters. The van der Waals surface area contributed by atoms with E-state index in [4.69, 9.17) is 4.98 Å². The summed E-state index contributed by atoms with van der Waals surface area (Å²) in [5.74, 6) is 1.19. The van der Waals surface area contributed by atoms with E-state index in [0.717, 1.165) is 29.8 Å². The second-order valence-electron chi connectivity index (χ2n) is 10.5. The van der Waals surface area contributed by atoms with Crippen molar-refractivity contribution < 1.29 is 8.42 Å². The summed E-state index contributed by atoms with van der Waals surface area (Å²) < 4.78 is 25.9. The predicted octanol–water partition coefficient (Wildman–Crippen LogP) is 4.10. The van der Waals surface area contributed by atoms with Crippen molar-refractivity contribution in [2.45, 2.75) is 77.3 Å². The molecule has 12 heteroatoms. The molecule has 1 N–H and O–H groups in total. The minimum absolute atomic E-state index is 0.00357. The lowest BCUT2D eigenvalue weighted by atomic mass is 10.1. The van der Waals surface area contributed by atoms with E-state index in [-0.39, 0.29) is 40.5 Å². The molecule has 0 aliphatic heterocycles. The number of anilines is 1. The second-order valence-corrected chi connectivity index (χ2v) is 12.8. The van der Waals surface area contributed by atoms with Gasteiger partial charge in [0.05, 0.1) is 46.0 Å². The Bertz CT molecular complexity index is 1710.